The normalized spacial score (nSPS) is 22.4. The van der Waals surface area contributed by atoms with Gasteiger partial charge in [-0.3, -0.25) is 4.79 Å². The minimum atomic E-state index is -2.11. The molecule has 1 aliphatic rings. The quantitative estimate of drug-likeness (QED) is 0.786. The average molecular weight is 264 g/mol. The number of ether oxygens (including phenoxy) is 1. The Hall–Kier alpha value is -1.35. The summed E-state index contributed by atoms with van der Waals surface area (Å²) in [4.78, 5) is 14.2. The van der Waals surface area contributed by atoms with E-state index in [-0.39, 0.29) is 12.1 Å². The Kier molecular flexibility index (Phi) is 3.15. The van der Waals surface area contributed by atoms with Crippen molar-refractivity contribution in [2.24, 2.45) is 0 Å². The Labute approximate surface area is 119 Å². The van der Waals surface area contributed by atoms with E-state index in [0.717, 1.165) is 5.56 Å². The number of benzene rings is 1. The Balaban J connectivity index is 2.28. The Morgan fingerprint density at radius 2 is 1.95 bits per heavy atom. The van der Waals surface area contributed by atoms with Crippen molar-refractivity contribution in [1.82, 2.24) is 4.90 Å². The van der Waals surface area contributed by atoms with Crippen LogP contribution < -0.4 is 0 Å². The third-order valence-electron chi connectivity index (χ3n) is 3.68. The molecule has 0 radical (unpaired) electrons. The molecule has 1 aliphatic heterocycles. The van der Waals surface area contributed by atoms with Gasteiger partial charge in [-0.1, -0.05) is 30.3 Å². The first kappa shape index (κ1) is 10.4. The van der Waals surface area contributed by atoms with Crippen LogP contribution in [0.2, 0.25) is 0 Å². The smallest absolute Gasteiger partial charge is 0.316 e. The molecular formula is C16H23NO2. The molecular weight excluding hydrogens is 238 g/mol. The van der Waals surface area contributed by atoms with Gasteiger partial charge in [0.1, 0.15) is 0 Å². The minimum absolute atomic E-state index is 0.186. The summed E-state index contributed by atoms with van der Waals surface area (Å²) in [5.41, 5.74) is 0.165. The van der Waals surface area contributed by atoms with Crippen molar-refractivity contribution in [1.29, 1.82) is 0 Å². The third-order valence-corrected chi connectivity index (χ3v) is 3.68. The number of hydrogen-bond donors (Lipinski definition) is 0. The standard InChI is InChI=1S/C16H23NO2/c1-13(2)19-15(18)16(9-11-17(3)12-10-16)14-7-5-4-6-8-14/h4-8,13H,9-12H2,1-3H3/i3D3. The first-order valence-electron chi connectivity index (χ1n) is 8.27. The van der Waals surface area contributed by atoms with E-state index in [1.165, 1.54) is 4.90 Å². The summed E-state index contributed by atoms with van der Waals surface area (Å²) in [5.74, 6) is -0.251. The van der Waals surface area contributed by atoms with Crippen molar-refractivity contribution >= 4 is 5.97 Å². The van der Waals surface area contributed by atoms with Gasteiger partial charge in [0.05, 0.1) is 11.5 Å². The largest absolute Gasteiger partial charge is 0.462 e. The molecule has 1 saturated heterocycles. The summed E-state index contributed by atoms with van der Waals surface area (Å²) in [7, 11) is 0. The monoisotopic (exact) mass is 264 g/mol. The van der Waals surface area contributed by atoms with Crippen LogP contribution in [0.3, 0.4) is 0 Å². The Morgan fingerprint density at radius 3 is 2.47 bits per heavy atom. The number of carbonyl (C=O) groups is 1. The van der Waals surface area contributed by atoms with E-state index in [1.807, 2.05) is 44.2 Å². The molecule has 0 bridgehead atoms. The predicted octanol–water partition coefficient (Wildman–Crippen LogP) is 2.60. The molecule has 0 atom stereocenters. The topological polar surface area (TPSA) is 29.5 Å². The van der Waals surface area contributed by atoms with Crippen molar-refractivity contribution in [3.05, 3.63) is 35.9 Å². The van der Waals surface area contributed by atoms with Gasteiger partial charge in [-0.15, -0.1) is 0 Å². The number of likely N-dealkylation sites (tertiary alicyclic amines) is 1. The van der Waals surface area contributed by atoms with Crippen LogP contribution in [-0.2, 0) is 14.9 Å². The van der Waals surface area contributed by atoms with Gasteiger partial charge >= 0.3 is 5.97 Å². The van der Waals surface area contributed by atoms with Crippen LogP contribution in [0.5, 0.6) is 0 Å². The number of esters is 1. The number of rotatable bonds is 3. The highest BCUT2D eigenvalue weighted by Crippen LogP contribution is 2.36. The molecule has 0 aromatic heterocycles. The van der Waals surface area contributed by atoms with Crippen LogP contribution in [0.1, 0.15) is 36.4 Å². The van der Waals surface area contributed by atoms with Crippen LogP contribution in [0, 0.1) is 0 Å². The maximum Gasteiger partial charge on any atom is 0.316 e. The zero-order chi connectivity index (χ0) is 16.4. The SMILES string of the molecule is [2H]C([2H])([2H])N1CCC(C(=O)OC(C)C)(c2ccccc2)CC1. The van der Waals surface area contributed by atoms with E-state index in [4.69, 9.17) is 8.85 Å². The minimum Gasteiger partial charge on any atom is -0.462 e. The van der Waals surface area contributed by atoms with E-state index in [1.54, 1.807) is 0 Å². The molecule has 3 nitrogen and oxygen atoms in total. The van der Waals surface area contributed by atoms with Crippen molar-refractivity contribution in [3.8, 4) is 0 Å². The second-order valence-electron chi connectivity index (χ2n) is 5.39. The highest BCUT2D eigenvalue weighted by atomic mass is 16.5. The van der Waals surface area contributed by atoms with Gasteiger partial charge < -0.3 is 9.64 Å². The predicted molar refractivity (Wildman–Crippen MR) is 76.1 cm³/mol. The van der Waals surface area contributed by atoms with Gasteiger partial charge in [-0.05, 0) is 52.3 Å². The van der Waals surface area contributed by atoms with Crippen LogP contribution >= 0.6 is 0 Å². The highest BCUT2D eigenvalue weighted by Gasteiger charge is 2.43. The van der Waals surface area contributed by atoms with Gasteiger partial charge in [0.25, 0.3) is 0 Å². The molecule has 0 spiro atoms. The summed E-state index contributed by atoms with van der Waals surface area (Å²) in [6.07, 6.45) is 0.732. The maximum atomic E-state index is 12.7. The second-order valence-corrected chi connectivity index (χ2v) is 5.39. The third kappa shape index (κ3) is 2.98. The van der Waals surface area contributed by atoms with Crippen LogP contribution in [0.15, 0.2) is 30.3 Å². The summed E-state index contributed by atoms with van der Waals surface area (Å²) < 4.78 is 28.0. The molecule has 1 fully saturated rings. The van der Waals surface area contributed by atoms with E-state index in [2.05, 4.69) is 0 Å². The molecule has 1 aromatic rings. The van der Waals surface area contributed by atoms with Crippen LogP contribution in [-0.4, -0.2) is 37.0 Å². The lowest BCUT2D eigenvalue weighted by atomic mass is 9.73. The van der Waals surface area contributed by atoms with Crippen molar-refractivity contribution < 1.29 is 13.6 Å². The first-order chi connectivity index (χ1) is 10.3. The summed E-state index contributed by atoms with van der Waals surface area (Å²) in [5, 5.41) is 0. The molecule has 19 heavy (non-hydrogen) atoms. The maximum absolute atomic E-state index is 12.7. The molecule has 0 aliphatic carbocycles. The van der Waals surface area contributed by atoms with Gasteiger partial charge in [0, 0.05) is 4.11 Å². The lowest BCUT2D eigenvalue weighted by Crippen LogP contribution is -2.47. The number of nitrogens with zero attached hydrogens (tertiary/aromatic N) is 1. The van der Waals surface area contributed by atoms with Gasteiger partial charge in [-0.25, -0.2) is 0 Å². The van der Waals surface area contributed by atoms with E-state index in [9.17, 15) is 4.79 Å². The average Bonchev–Trinajstić information content (AvgIpc) is 2.46. The molecule has 104 valence electrons. The van der Waals surface area contributed by atoms with Crippen molar-refractivity contribution in [2.75, 3.05) is 20.1 Å². The fraction of sp³-hybridized carbons (Fsp3) is 0.562. The second kappa shape index (κ2) is 5.74. The highest BCUT2D eigenvalue weighted by molar-refractivity contribution is 5.83. The van der Waals surface area contributed by atoms with Crippen molar-refractivity contribution in [3.63, 3.8) is 0 Å². The number of piperidine rings is 1. The molecule has 0 unspecified atom stereocenters. The number of carbonyl (C=O) groups excluding carboxylic acids is 1. The lowest BCUT2D eigenvalue weighted by molar-refractivity contribution is -0.156. The van der Waals surface area contributed by atoms with E-state index < -0.39 is 12.4 Å². The molecule has 2 rings (SSSR count). The molecule has 1 heterocycles. The van der Waals surface area contributed by atoms with Gasteiger partial charge in [0.15, 0.2) is 0 Å². The van der Waals surface area contributed by atoms with E-state index >= 15 is 0 Å². The fourth-order valence-corrected chi connectivity index (χ4v) is 2.58. The first-order valence-corrected chi connectivity index (χ1v) is 6.77. The number of hydrogen-bond acceptors (Lipinski definition) is 3. The van der Waals surface area contributed by atoms with Crippen LogP contribution in [0.25, 0.3) is 0 Å². The zero-order valence-electron chi connectivity index (χ0n) is 14.6. The van der Waals surface area contributed by atoms with Gasteiger partial charge in [-0.2, -0.15) is 0 Å². The molecule has 0 N–H and O–H groups in total. The van der Waals surface area contributed by atoms with Gasteiger partial charge in [0.2, 0.25) is 0 Å². The molecule has 0 amide bonds. The summed E-state index contributed by atoms with van der Waals surface area (Å²) in [6, 6.07) is 9.55. The molecule has 3 heteroatoms. The fourth-order valence-electron chi connectivity index (χ4n) is 2.58. The Bertz CT molecular complexity index is 506. The molecule has 0 saturated carbocycles. The van der Waals surface area contributed by atoms with Crippen LogP contribution in [0.4, 0.5) is 0 Å². The summed E-state index contributed by atoms with van der Waals surface area (Å²) in [6.45, 7) is 2.27. The lowest BCUT2D eigenvalue weighted by Gasteiger charge is -2.39. The van der Waals surface area contributed by atoms with Crippen molar-refractivity contribution in [2.45, 2.75) is 38.2 Å². The van der Waals surface area contributed by atoms with E-state index in [0.29, 0.717) is 25.9 Å². The molecule has 1 aromatic carbocycles. The summed E-state index contributed by atoms with van der Waals surface area (Å²) >= 11 is 0. The Morgan fingerprint density at radius 1 is 1.32 bits per heavy atom. The zero-order valence-corrected chi connectivity index (χ0v) is 11.6.